The number of carbonyl (C=O) groups is 1. The van der Waals surface area contributed by atoms with E-state index in [4.69, 9.17) is 9.73 Å². The Balaban J connectivity index is 0.00000363. The molecule has 8 heteroatoms. The van der Waals surface area contributed by atoms with Crippen LogP contribution >= 0.6 is 24.0 Å². The van der Waals surface area contributed by atoms with Crippen molar-refractivity contribution in [3.05, 3.63) is 35.4 Å². The number of carbonyl (C=O) groups excluding carboxylic acids is 1. The second-order valence-electron chi connectivity index (χ2n) is 8.83. The highest BCUT2D eigenvalue weighted by Crippen LogP contribution is 2.14. The van der Waals surface area contributed by atoms with E-state index in [0.29, 0.717) is 19.0 Å². The van der Waals surface area contributed by atoms with Crippen LogP contribution in [0.4, 0.5) is 0 Å². The zero-order chi connectivity index (χ0) is 21.9. The number of hydrogen-bond donors (Lipinski definition) is 2. The van der Waals surface area contributed by atoms with E-state index in [2.05, 4.69) is 39.8 Å². The van der Waals surface area contributed by atoms with Gasteiger partial charge in [-0.05, 0) is 56.3 Å². The van der Waals surface area contributed by atoms with Gasteiger partial charge in [0.2, 0.25) is 5.91 Å². The molecular formula is C24H40IN5O2. The van der Waals surface area contributed by atoms with Crippen molar-refractivity contribution in [3.8, 4) is 0 Å². The summed E-state index contributed by atoms with van der Waals surface area (Å²) in [5, 5.41) is 6.52. The number of nitrogens with zero attached hydrogens (tertiary/aromatic N) is 3. The van der Waals surface area contributed by atoms with Crippen LogP contribution in [0.3, 0.4) is 0 Å². The van der Waals surface area contributed by atoms with Gasteiger partial charge in [-0.3, -0.25) is 9.69 Å². The number of hydrogen-bond acceptors (Lipinski definition) is 4. The van der Waals surface area contributed by atoms with Gasteiger partial charge in [0, 0.05) is 33.8 Å². The number of ether oxygens (including phenoxy) is 1. The molecule has 0 aliphatic carbocycles. The van der Waals surface area contributed by atoms with E-state index in [1.807, 2.05) is 0 Å². The summed E-state index contributed by atoms with van der Waals surface area (Å²) >= 11 is 0. The molecule has 0 saturated carbocycles. The molecule has 3 rings (SSSR count). The maximum atomic E-state index is 12.0. The van der Waals surface area contributed by atoms with Gasteiger partial charge in [0.15, 0.2) is 5.96 Å². The third-order valence-corrected chi connectivity index (χ3v) is 5.97. The van der Waals surface area contributed by atoms with Gasteiger partial charge in [0.05, 0.1) is 19.2 Å². The first kappa shape index (κ1) is 26.9. The molecule has 1 aromatic carbocycles. The fourth-order valence-electron chi connectivity index (χ4n) is 3.97. The van der Waals surface area contributed by atoms with Crippen molar-refractivity contribution in [2.75, 3.05) is 46.9 Å². The lowest BCUT2D eigenvalue weighted by molar-refractivity contribution is -0.127. The first-order chi connectivity index (χ1) is 15.1. The molecule has 32 heavy (non-hydrogen) atoms. The van der Waals surface area contributed by atoms with Crippen LogP contribution in [0, 0.1) is 0 Å². The Hall–Kier alpha value is -1.39. The monoisotopic (exact) mass is 557 g/mol. The van der Waals surface area contributed by atoms with Gasteiger partial charge in [-0.25, -0.2) is 4.99 Å². The molecule has 0 radical (unpaired) electrons. The lowest BCUT2D eigenvalue weighted by Gasteiger charge is -2.26. The molecule has 0 bridgehead atoms. The highest BCUT2D eigenvalue weighted by molar-refractivity contribution is 14.0. The third-order valence-electron chi connectivity index (χ3n) is 5.97. The van der Waals surface area contributed by atoms with E-state index >= 15 is 0 Å². The van der Waals surface area contributed by atoms with Crippen molar-refractivity contribution in [2.45, 2.75) is 57.7 Å². The van der Waals surface area contributed by atoms with Gasteiger partial charge in [-0.2, -0.15) is 0 Å². The van der Waals surface area contributed by atoms with E-state index in [-0.39, 0.29) is 42.5 Å². The molecule has 1 atom stereocenters. The average molecular weight is 558 g/mol. The van der Waals surface area contributed by atoms with Gasteiger partial charge >= 0.3 is 0 Å². The Morgan fingerprint density at radius 1 is 1.06 bits per heavy atom. The smallest absolute Gasteiger partial charge is 0.241 e. The van der Waals surface area contributed by atoms with Crippen LogP contribution in [0.25, 0.3) is 0 Å². The summed E-state index contributed by atoms with van der Waals surface area (Å²) in [6.45, 7) is 5.78. The SMILES string of the molecule is CN(C)C(=O)CNC(=NCc1ccc(CN2CCCCC2)cc1)NCC1CCCCO1.I. The van der Waals surface area contributed by atoms with E-state index < -0.39 is 0 Å². The fourth-order valence-corrected chi connectivity index (χ4v) is 3.97. The maximum Gasteiger partial charge on any atom is 0.241 e. The Kier molecular flexibility index (Phi) is 12.3. The lowest BCUT2D eigenvalue weighted by atomic mass is 10.1. The van der Waals surface area contributed by atoms with Crippen LogP contribution in [0.2, 0.25) is 0 Å². The summed E-state index contributed by atoms with van der Waals surface area (Å²) < 4.78 is 5.81. The number of likely N-dealkylation sites (N-methyl/N-ethyl adjacent to an activating group) is 1. The number of nitrogens with one attached hydrogen (secondary N) is 2. The molecule has 2 aliphatic rings. The number of benzene rings is 1. The van der Waals surface area contributed by atoms with E-state index in [1.165, 1.54) is 44.3 Å². The predicted octanol–water partition coefficient (Wildman–Crippen LogP) is 2.98. The molecule has 2 saturated heterocycles. The summed E-state index contributed by atoms with van der Waals surface area (Å²) in [6, 6.07) is 8.75. The summed E-state index contributed by atoms with van der Waals surface area (Å²) in [7, 11) is 3.52. The molecular weight excluding hydrogens is 517 g/mol. The molecule has 1 amide bonds. The molecule has 7 nitrogen and oxygen atoms in total. The van der Waals surface area contributed by atoms with Gasteiger partial charge in [0.1, 0.15) is 0 Å². The van der Waals surface area contributed by atoms with Crippen molar-refractivity contribution >= 4 is 35.8 Å². The van der Waals surface area contributed by atoms with Crippen molar-refractivity contribution in [1.82, 2.24) is 20.4 Å². The molecule has 0 aromatic heterocycles. The van der Waals surface area contributed by atoms with Crippen molar-refractivity contribution in [2.24, 2.45) is 4.99 Å². The second-order valence-corrected chi connectivity index (χ2v) is 8.83. The highest BCUT2D eigenvalue weighted by Gasteiger charge is 2.15. The van der Waals surface area contributed by atoms with Gasteiger partial charge in [-0.1, -0.05) is 30.7 Å². The maximum absolute atomic E-state index is 12.0. The number of rotatable bonds is 8. The second kappa shape index (κ2) is 14.7. The fraction of sp³-hybridized carbons (Fsp3) is 0.667. The predicted molar refractivity (Wildman–Crippen MR) is 140 cm³/mol. The molecule has 0 spiro atoms. The molecule has 1 aromatic rings. The Bertz CT molecular complexity index is 699. The van der Waals surface area contributed by atoms with Crippen molar-refractivity contribution < 1.29 is 9.53 Å². The van der Waals surface area contributed by atoms with Crippen molar-refractivity contribution in [3.63, 3.8) is 0 Å². The number of halogens is 1. The summed E-state index contributed by atoms with van der Waals surface area (Å²) in [5.74, 6) is 0.673. The van der Waals surface area contributed by atoms with Gasteiger partial charge in [0.25, 0.3) is 0 Å². The van der Waals surface area contributed by atoms with Crippen LogP contribution in [-0.2, 0) is 22.6 Å². The Labute approximate surface area is 210 Å². The van der Waals surface area contributed by atoms with E-state index in [0.717, 1.165) is 31.6 Å². The zero-order valence-electron chi connectivity index (χ0n) is 19.6. The first-order valence-electron chi connectivity index (χ1n) is 11.7. The highest BCUT2D eigenvalue weighted by atomic mass is 127. The van der Waals surface area contributed by atoms with Crippen LogP contribution in [0.1, 0.15) is 49.7 Å². The number of piperidine rings is 1. The Morgan fingerprint density at radius 2 is 1.78 bits per heavy atom. The quantitative estimate of drug-likeness (QED) is 0.292. The molecule has 2 aliphatic heterocycles. The van der Waals surface area contributed by atoms with E-state index in [1.54, 1.807) is 19.0 Å². The third kappa shape index (κ3) is 9.62. The number of aliphatic imine (C=N–C) groups is 1. The summed E-state index contributed by atoms with van der Waals surface area (Å²) in [4.78, 5) is 20.8. The normalized spacial score (nSPS) is 19.7. The minimum absolute atomic E-state index is 0. The molecule has 2 N–H and O–H groups in total. The standard InChI is InChI=1S/C24H39N5O2.HI/c1-28(2)23(30)18-27-24(26-17-22-8-4-7-15-31-22)25-16-20-9-11-21(12-10-20)19-29-13-5-3-6-14-29;/h9-12,22H,3-8,13-19H2,1-2H3,(H2,25,26,27);1H. The Morgan fingerprint density at radius 3 is 2.44 bits per heavy atom. The van der Waals surface area contributed by atoms with Gasteiger partial charge in [-0.15, -0.1) is 24.0 Å². The minimum atomic E-state index is 0. The largest absolute Gasteiger partial charge is 0.376 e. The molecule has 180 valence electrons. The van der Waals surface area contributed by atoms with Crippen LogP contribution < -0.4 is 10.6 Å². The van der Waals surface area contributed by atoms with Gasteiger partial charge < -0.3 is 20.3 Å². The zero-order valence-corrected chi connectivity index (χ0v) is 22.0. The minimum Gasteiger partial charge on any atom is -0.376 e. The van der Waals surface area contributed by atoms with Crippen LogP contribution in [0.15, 0.2) is 29.3 Å². The summed E-state index contributed by atoms with van der Waals surface area (Å²) in [5.41, 5.74) is 2.52. The lowest BCUT2D eigenvalue weighted by Crippen LogP contribution is -2.45. The average Bonchev–Trinajstić information content (AvgIpc) is 2.80. The number of guanidine groups is 1. The molecule has 2 fully saturated rings. The summed E-state index contributed by atoms with van der Waals surface area (Å²) in [6.07, 6.45) is 7.62. The van der Waals surface area contributed by atoms with Crippen LogP contribution in [-0.4, -0.2) is 74.7 Å². The van der Waals surface area contributed by atoms with E-state index in [9.17, 15) is 4.79 Å². The number of amides is 1. The molecule has 2 heterocycles. The number of likely N-dealkylation sites (tertiary alicyclic amines) is 1. The van der Waals surface area contributed by atoms with Crippen LogP contribution in [0.5, 0.6) is 0 Å². The first-order valence-corrected chi connectivity index (χ1v) is 11.7. The topological polar surface area (TPSA) is 69.2 Å². The van der Waals surface area contributed by atoms with Crippen molar-refractivity contribution in [1.29, 1.82) is 0 Å². The molecule has 1 unspecified atom stereocenters.